The minimum atomic E-state index is -0.473. The van der Waals surface area contributed by atoms with Crippen molar-refractivity contribution in [2.45, 2.75) is 45.6 Å². The van der Waals surface area contributed by atoms with Crippen LogP contribution >= 0.6 is 0 Å². The van der Waals surface area contributed by atoms with Crippen molar-refractivity contribution in [2.75, 3.05) is 26.2 Å². The van der Waals surface area contributed by atoms with E-state index < -0.39 is 5.60 Å². The summed E-state index contributed by atoms with van der Waals surface area (Å²) in [6.45, 7) is 8.31. The molecule has 2 heterocycles. The lowest BCUT2D eigenvalue weighted by atomic mass is 9.97. The molecule has 0 bridgehead atoms. The summed E-state index contributed by atoms with van der Waals surface area (Å²) in [7, 11) is 0. The van der Waals surface area contributed by atoms with E-state index in [0.717, 1.165) is 25.9 Å². The summed E-state index contributed by atoms with van der Waals surface area (Å²) >= 11 is 0. The second-order valence-electron chi connectivity index (χ2n) is 6.47. The zero-order valence-electron chi connectivity index (χ0n) is 12.1. The first-order chi connectivity index (χ1) is 8.87. The van der Waals surface area contributed by atoms with Gasteiger partial charge in [0.1, 0.15) is 5.60 Å². The van der Waals surface area contributed by atoms with E-state index in [9.17, 15) is 9.59 Å². The number of piperidine rings is 1. The summed E-state index contributed by atoms with van der Waals surface area (Å²) < 4.78 is 5.28. The molecule has 2 amide bonds. The first-order valence-electron chi connectivity index (χ1n) is 7.13. The van der Waals surface area contributed by atoms with Gasteiger partial charge >= 0.3 is 6.09 Å². The molecule has 2 rings (SSSR count). The van der Waals surface area contributed by atoms with Crippen LogP contribution in [-0.2, 0) is 9.53 Å². The largest absolute Gasteiger partial charge is 0.444 e. The Hall–Kier alpha value is -1.26. The lowest BCUT2D eigenvalue weighted by Gasteiger charge is -2.41. The molecule has 2 aliphatic heterocycles. The van der Waals surface area contributed by atoms with E-state index in [2.05, 4.69) is 0 Å². The van der Waals surface area contributed by atoms with E-state index in [1.807, 2.05) is 25.7 Å². The maximum absolute atomic E-state index is 12.2. The van der Waals surface area contributed by atoms with Gasteiger partial charge in [-0.2, -0.15) is 0 Å². The maximum atomic E-state index is 12.2. The summed E-state index contributed by atoms with van der Waals surface area (Å²) in [5.74, 6) is 0.185. The predicted molar refractivity (Wildman–Crippen MR) is 71.7 cm³/mol. The highest BCUT2D eigenvalue weighted by Gasteiger charge is 2.39. The Labute approximate surface area is 114 Å². The Bertz CT molecular complexity index is 350. The summed E-state index contributed by atoms with van der Waals surface area (Å²) in [5.41, 5.74) is -0.473. The average Bonchev–Trinajstić information content (AvgIpc) is 2.25. The van der Waals surface area contributed by atoms with Crippen LogP contribution in [0.25, 0.3) is 0 Å². The number of likely N-dealkylation sites (tertiary alicyclic amines) is 2. The van der Waals surface area contributed by atoms with Crippen LogP contribution < -0.4 is 0 Å². The number of amides is 2. The molecule has 5 nitrogen and oxygen atoms in total. The van der Waals surface area contributed by atoms with Gasteiger partial charge in [-0.15, -0.1) is 0 Å². The lowest BCUT2D eigenvalue weighted by Crippen LogP contribution is -2.57. The van der Waals surface area contributed by atoms with Crippen LogP contribution in [0.5, 0.6) is 0 Å². The highest BCUT2D eigenvalue weighted by molar-refractivity contribution is 5.82. The monoisotopic (exact) mass is 268 g/mol. The Kier molecular flexibility index (Phi) is 4.02. The fourth-order valence-corrected chi connectivity index (χ4v) is 2.48. The quantitative estimate of drug-likeness (QED) is 0.729. The minimum Gasteiger partial charge on any atom is -0.444 e. The third-order valence-electron chi connectivity index (χ3n) is 3.55. The zero-order valence-corrected chi connectivity index (χ0v) is 12.1. The van der Waals surface area contributed by atoms with E-state index in [1.54, 1.807) is 4.90 Å². The van der Waals surface area contributed by atoms with E-state index >= 15 is 0 Å². The van der Waals surface area contributed by atoms with Crippen molar-refractivity contribution < 1.29 is 14.3 Å². The first-order valence-corrected chi connectivity index (χ1v) is 7.13. The Morgan fingerprint density at radius 3 is 2.11 bits per heavy atom. The topological polar surface area (TPSA) is 49.9 Å². The van der Waals surface area contributed by atoms with Crippen LogP contribution in [0.3, 0.4) is 0 Å². The van der Waals surface area contributed by atoms with Crippen LogP contribution in [0, 0.1) is 5.92 Å². The minimum absolute atomic E-state index is 0.0226. The summed E-state index contributed by atoms with van der Waals surface area (Å²) in [4.78, 5) is 27.5. The standard InChI is InChI=1S/C14H24N2O3/c1-14(2,3)19-13(18)16-9-11(10-16)12(17)15-7-5-4-6-8-15/h11H,4-10H2,1-3H3. The normalized spacial score (nSPS) is 21.0. The number of rotatable bonds is 1. The van der Waals surface area contributed by atoms with Gasteiger partial charge in [0.05, 0.1) is 5.92 Å². The molecule has 0 aliphatic carbocycles. The van der Waals surface area contributed by atoms with E-state index in [-0.39, 0.29) is 17.9 Å². The second-order valence-corrected chi connectivity index (χ2v) is 6.47. The summed E-state index contributed by atoms with van der Waals surface area (Å²) in [6.07, 6.45) is 3.12. The van der Waals surface area contributed by atoms with Gasteiger partial charge in [-0.1, -0.05) is 0 Å². The molecule has 19 heavy (non-hydrogen) atoms. The maximum Gasteiger partial charge on any atom is 0.410 e. The van der Waals surface area contributed by atoms with E-state index in [4.69, 9.17) is 4.74 Å². The van der Waals surface area contributed by atoms with Crippen LogP contribution in [0.2, 0.25) is 0 Å². The third-order valence-corrected chi connectivity index (χ3v) is 3.55. The van der Waals surface area contributed by atoms with Crippen molar-refractivity contribution in [1.82, 2.24) is 9.80 Å². The number of carbonyl (C=O) groups is 2. The molecule has 2 aliphatic rings. The van der Waals surface area contributed by atoms with Crippen molar-refractivity contribution in [3.8, 4) is 0 Å². The number of hydrogen-bond acceptors (Lipinski definition) is 3. The summed E-state index contributed by atoms with van der Waals surface area (Å²) in [6, 6.07) is 0. The fraction of sp³-hybridized carbons (Fsp3) is 0.857. The van der Waals surface area contributed by atoms with Crippen molar-refractivity contribution in [3.05, 3.63) is 0 Å². The lowest BCUT2D eigenvalue weighted by molar-refractivity contribution is -0.141. The van der Waals surface area contributed by atoms with Crippen LogP contribution in [0.15, 0.2) is 0 Å². The highest BCUT2D eigenvalue weighted by atomic mass is 16.6. The molecule has 0 N–H and O–H groups in total. The first kappa shape index (κ1) is 14.2. The van der Waals surface area contributed by atoms with Gasteiger partial charge in [-0.25, -0.2) is 4.79 Å². The molecule has 108 valence electrons. The number of ether oxygens (including phenoxy) is 1. The Morgan fingerprint density at radius 2 is 1.58 bits per heavy atom. The number of carbonyl (C=O) groups excluding carboxylic acids is 2. The zero-order chi connectivity index (χ0) is 14.0. The molecule has 0 saturated carbocycles. The van der Waals surface area contributed by atoms with Crippen LogP contribution in [0.1, 0.15) is 40.0 Å². The number of nitrogens with zero attached hydrogens (tertiary/aromatic N) is 2. The Morgan fingerprint density at radius 1 is 1.00 bits per heavy atom. The van der Waals surface area contributed by atoms with Crippen molar-refractivity contribution in [3.63, 3.8) is 0 Å². The van der Waals surface area contributed by atoms with Gasteiger partial charge in [0.25, 0.3) is 0 Å². The van der Waals surface area contributed by atoms with Gasteiger partial charge < -0.3 is 14.5 Å². The van der Waals surface area contributed by atoms with Gasteiger partial charge in [0.15, 0.2) is 0 Å². The van der Waals surface area contributed by atoms with Crippen LogP contribution in [0.4, 0.5) is 4.79 Å². The van der Waals surface area contributed by atoms with E-state index in [0.29, 0.717) is 13.1 Å². The van der Waals surface area contributed by atoms with Gasteiger partial charge in [0, 0.05) is 26.2 Å². The molecule has 5 heteroatoms. The Balaban J connectivity index is 1.76. The fourth-order valence-electron chi connectivity index (χ4n) is 2.48. The van der Waals surface area contributed by atoms with E-state index in [1.165, 1.54) is 6.42 Å². The van der Waals surface area contributed by atoms with Crippen molar-refractivity contribution >= 4 is 12.0 Å². The molecule has 0 unspecified atom stereocenters. The van der Waals surface area contributed by atoms with Gasteiger partial charge in [-0.05, 0) is 40.0 Å². The predicted octanol–water partition coefficient (Wildman–Crippen LogP) is 1.87. The van der Waals surface area contributed by atoms with Crippen LogP contribution in [-0.4, -0.2) is 53.6 Å². The molecule has 0 aromatic heterocycles. The molecule has 0 atom stereocenters. The third kappa shape index (κ3) is 3.61. The molecule has 0 radical (unpaired) electrons. The van der Waals surface area contributed by atoms with Crippen molar-refractivity contribution in [1.29, 1.82) is 0 Å². The highest BCUT2D eigenvalue weighted by Crippen LogP contribution is 2.22. The molecule has 0 spiro atoms. The smallest absolute Gasteiger partial charge is 0.410 e. The van der Waals surface area contributed by atoms with Gasteiger partial charge in [-0.3, -0.25) is 4.79 Å². The molecular formula is C14H24N2O3. The van der Waals surface area contributed by atoms with Gasteiger partial charge in [0.2, 0.25) is 5.91 Å². The number of hydrogen-bond donors (Lipinski definition) is 0. The average molecular weight is 268 g/mol. The summed E-state index contributed by atoms with van der Waals surface area (Å²) in [5, 5.41) is 0. The molecule has 0 aromatic carbocycles. The molecule has 2 fully saturated rings. The molecule has 0 aromatic rings. The second kappa shape index (κ2) is 5.39. The molecular weight excluding hydrogens is 244 g/mol. The molecule has 2 saturated heterocycles. The SMILES string of the molecule is CC(C)(C)OC(=O)N1CC(C(=O)N2CCCCC2)C1. The van der Waals surface area contributed by atoms with Crippen molar-refractivity contribution in [2.24, 2.45) is 5.92 Å².